The van der Waals surface area contributed by atoms with Crippen molar-refractivity contribution in [2.75, 3.05) is 13.1 Å². The fraction of sp³-hybridized carbons (Fsp3) is 0.944. The van der Waals surface area contributed by atoms with E-state index in [-0.39, 0.29) is 6.10 Å². The molecule has 1 rings (SSSR count). The van der Waals surface area contributed by atoms with Crippen LogP contribution in [0.25, 0.3) is 0 Å². The summed E-state index contributed by atoms with van der Waals surface area (Å²) in [6, 6.07) is 0. The molecule has 0 saturated carbocycles. The van der Waals surface area contributed by atoms with Crippen LogP contribution in [0.3, 0.4) is 0 Å². The van der Waals surface area contributed by atoms with E-state index >= 15 is 0 Å². The largest absolute Gasteiger partial charge is 0.528 e. The number of hydrogen-bond acceptors (Lipinski definition) is 4. The lowest BCUT2D eigenvalue weighted by Gasteiger charge is -2.25. The van der Waals surface area contributed by atoms with Crippen LogP contribution >= 0.6 is 0 Å². The minimum atomic E-state index is -0.517. The van der Waals surface area contributed by atoms with Crippen LogP contribution in [0.5, 0.6) is 0 Å². The first kappa shape index (κ1) is 19.3. The molecule has 0 bridgehead atoms. The number of carbonyl (C=O) groups excluding carboxylic acids is 1. The molecule has 22 heavy (non-hydrogen) atoms. The van der Waals surface area contributed by atoms with Gasteiger partial charge in [-0.05, 0) is 32.1 Å². The van der Waals surface area contributed by atoms with Gasteiger partial charge in [0.05, 0.1) is 0 Å². The van der Waals surface area contributed by atoms with Gasteiger partial charge in [0.1, 0.15) is 6.10 Å². The van der Waals surface area contributed by atoms with Gasteiger partial charge in [-0.25, -0.2) is 4.79 Å². The third kappa shape index (κ3) is 9.29. The molecule has 1 fully saturated rings. The van der Waals surface area contributed by atoms with E-state index in [0.29, 0.717) is 0 Å². The van der Waals surface area contributed by atoms with Crippen LogP contribution in [-0.2, 0) is 9.57 Å². The first-order valence-electron chi connectivity index (χ1n) is 9.39. The summed E-state index contributed by atoms with van der Waals surface area (Å²) in [6.45, 7) is 5.99. The molecule has 0 aromatic carbocycles. The van der Waals surface area contributed by atoms with Crippen molar-refractivity contribution in [2.45, 2.75) is 97.0 Å². The number of unbranched alkanes of at least 4 members (excludes halogenated alkanes) is 6. The van der Waals surface area contributed by atoms with Crippen LogP contribution in [0, 0.1) is 0 Å². The van der Waals surface area contributed by atoms with Gasteiger partial charge < -0.3 is 9.57 Å². The van der Waals surface area contributed by atoms with Crippen molar-refractivity contribution in [3.63, 3.8) is 0 Å². The van der Waals surface area contributed by atoms with Crippen molar-refractivity contribution in [1.82, 2.24) is 5.06 Å². The van der Waals surface area contributed by atoms with Gasteiger partial charge in [-0.3, -0.25) is 0 Å². The maximum absolute atomic E-state index is 11.8. The van der Waals surface area contributed by atoms with Crippen molar-refractivity contribution < 1.29 is 14.4 Å². The summed E-state index contributed by atoms with van der Waals surface area (Å²) >= 11 is 0. The Morgan fingerprint density at radius 1 is 0.955 bits per heavy atom. The van der Waals surface area contributed by atoms with Gasteiger partial charge in [-0.2, -0.15) is 0 Å². The van der Waals surface area contributed by atoms with Gasteiger partial charge in [-0.1, -0.05) is 58.8 Å². The molecule has 0 aliphatic carbocycles. The topological polar surface area (TPSA) is 38.8 Å². The van der Waals surface area contributed by atoms with E-state index in [1.54, 1.807) is 5.06 Å². The molecular formula is C18H35NO3. The molecule has 0 aromatic heterocycles. The zero-order valence-electron chi connectivity index (χ0n) is 14.6. The third-order valence-electron chi connectivity index (χ3n) is 4.37. The molecule has 130 valence electrons. The van der Waals surface area contributed by atoms with E-state index in [9.17, 15) is 4.79 Å². The average molecular weight is 313 g/mol. The number of carbonyl (C=O) groups is 1. The van der Waals surface area contributed by atoms with Crippen molar-refractivity contribution in [3.05, 3.63) is 0 Å². The maximum atomic E-state index is 11.8. The molecule has 4 heteroatoms. The van der Waals surface area contributed by atoms with E-state index < -0.39 is 6.16 Å². The van der Waals surface area contributed by atoms with Crippen molar-refractivity contribution in [1.29, 1.82) is 0 Å². The highest BCUT2D eigenvalue weighted by atomic mass is 16.8. The van der Waals surface area contributed by atoms with E-state index in [4.69, 9.17) is 9.57 Å². The normalized spacial score (nSPS) is 17.2. The standard InChI is InChI=1S/C18H35NO3/c1-3-5-6-7-8-9-11-14-17(4-2)21-18(20)22-19-15-12-10-13-16-19/h17H,3-16H2,1-2H3. The Balaban J connectivity index is 2.06. The summed E-state index contributed by atoms with van der Waals surface area (Å²) < 4.78 is 5.44. The molecule has 4 nitrogen and oxygen atoms in total. The molecule has 1 aliphatic heterocycles. The van der Waals surface area contributed by atoms with Gasteiger partial charge in [0.2, 0.25) is 0 Å². The van der Waals surface area contributed by atoms with Crippen LogP contribution in [0.15, 0.2) is 0 Å². The fourth-order valence-corrected chi connectivity index (χ4v) is 2.89. The lowest BCUT2D eigenvalue weighted by Crippen LogP contribution is -2.33. The molecule has 1 atom stereocenters. The van der Waals surface area contributed by atoms with Crippen LogP contribution in [-0.4, -0.2) is 30.4 Å². The zero-order chi connectivity index (χ0) is 16.0. The Morgan fingerprint density at radius 2 is 1.59 bits per heavy atom. The Morgan fingerprint density at radius 3 is 2.23 bits per heavy atom. The van der Waals surface area contributed by atoms with E-state index in [1.807, 2.05) is 0 Å². The zero-order valence-corrected chi connectivity index (χ0v) is 14.6. The second-order valence-corrected chi connectivity index (χ2v) is 6.39. The Kier molecular flexibility index (Phi) is 11.2. The Labute approximate surface area is 136 Å². The molecule has 0 aromatic rings. The summed E-state index contributed by atoms with van der Waals surface area (Å²) in [6.07, 6.45) is 13.8. The fourth-order valence-electron chi connectivity index (χ4n) is 2.89. The summed E-state index contributed by atoms with van der Waals surface area (Å²) in [7, 11) is 0. The van der Waals surface area contributed by atoms with Gasteiger partial charge in [0.25, 0.3) is 0 Å². The number of nitrogens with zero attached hydrogens (tertiary/aromatic N) is 1. The first-order chi connectivity index (χ1) is 10.8. The summed E-state index contributed by atoms with van der Waals surface area (Å²) in [5.41, 5.74) is 0. The average Bonchev–Trinajstić information content (AvgIpc) is 2.53. The highest BCUT2D eigenvalue weighted by Crippen LogP contribution is 2.15. The Bertz CT molecular complexity index is 278. The second-order valence-electron chi connectivity index (χ2n) is 6.39. The minimum absolute atomic E-state index is 0.00734. The number of hydrogen-bond donors (Lipinski definition) is 0. The Hall–Kier alpha value is -0.770. The number of hydroxylamine groups is 2. The summed E-state index contributed by atoms with van der Waals surface area (Å²) in [5, 5.41) is 1.74. The predicted octanol–water partition coefficient (Wildman–Crippen LogP) is 5.46. The number of piperidine rings is 1. The van der Waals surface area contributed by atoms with E-state index in [0.717, 1.165) is 45.2 Å². The van der Waals surface area contributed by atoms with Crippen molar-refractivity contribution in [2.24, 2.45) is 0 Å². The predicted molar refractivity (Wildman–Crippen MR) is 89.7 cm³/mol. The SMILES string of the molecule is CCCCCCCCCC(CC)OC(=O)ON1CCCCC1. The van der Waals surface area contributed by atoms with Gasteiger partial charge >= 0.3 is 6.16 Å². The highest BCUT2D eigenvalue weighted by Gasteiger charge is 2.19. The number of ether oxygens (including phenoxy) is 1. The second kappa shape index (κ2) is 12.7. The molecule has 1 aliphatic rings. The molecule has 1 heterocycles. The van der Waals surface area contributed by atoms with Crippen molar-refractivity contribution >= 4 is 6.16 Å². The molecule has 0 amide bonds. The third-order valence-corrected chi connectivity index (χ3v) is 4.37. The molecule has 1 saturated heterocycles. The first-order valence-corrected chi connectivity index (χ1v) is 9.39. The minimum Gasteiger partial charge on any atom is -0.430 e. The van der Waals surface area contributed by atoms with Gasteiger partial charge in [0.15, 0.2) is 0 Å². The summed E-state index contributed by atoms with van der Waals surface area (Å²) in [5.74, 6) is 0. The van der Waals surface area contributed by atoms with Crippen LogP contribution in [0.4, 0.5) is 4.79 Å². The lowest BCUT2D eigenvalue weighted by molar-refractivity contribution is -0.144. The molecule has 0 radical (unpaired) electrons. The monoisotopic (exact) mass is 313 g/mol. The molecular weight excluding hydrogens is 278 g/mol. The smallest absolute Gasteiger partial charge is 0.430 e. The van der Waals surface area contributed by atoms with Crippen LogP contribution < -0.4 is 0 Å². The number of rotatable bonds is 11. The van der Waals surface area contributed by atoms with E-state index in [1.165, 1.54) is 44.9 Å². The van der Waals surface area contributed by atoms with Gasteiger partial charge in [-0.15, -0.1) is 5.06 Å². The van der Waals surface area contributed by atoms with Gasteiger partial charge in [0, 0.05) is 13.1 Å². The molecule has 0 spiro atoms. The summed E-state index contributed by atoms with van der Waals surface area (Å²) in [4.78, 5) is 17.1. The van der Waals surface area contributed by atoms with Crippen LogP contribution in [0.1, 0.15) is 90.9 Å². The highest BCUT2D eigenvalue weighted by molar-refractivity contribution is 5.59. The molecule has 0 N–H and O–H groups in total. The van der Waals surface area contributed by atoms with Crippen LogP contribution in [0.2, 0.25) is 0 Å². The molecule has 1 unspecified atom stereocenters. The quantitative estimate of drug-likeness (QED) is 0.375. The lowest BCUT2D eigenvalue weighted by atomic mass is 10.1. The van der Waals surface area contributed by atoms with E-state index in [2.05, 4.69) is 13.8 Å². The van der Waals surface area contributed by atoms with Crippen molar-refractivity contribution in [3.8, 4) is 0 Å². The maximum Gasteiger partial charge on any atom is 0.528 e.